The van der Waals surface area contributed by atoms with Gasteiger partial charge in [0.1, 0.15) is 6.10 Å². The van der Waals surface area contributed by atoms with Crippen LogP contribution in [0.25, 0.3) is 5.69 Å². The van der Waals surface area contributed by atoms with Crippen LogP contribution in [0.2, 0.25) is 0 Å². The molecule has 1 aromatic heterocycles. The standard InChI is InChI=1S/C12H13N5O3/c13-11(19)10(18)6-14-12(20)9-7-17(16-15-9)8-4-2-1-3-5-8/h1-5,7,10,18H,6H2,(H2,13,19)(H,14,20). The molecule has 0 aliphatic heterocycles. The first-order valence-corrected chi connectivity index (χ1v) is 5.81. The van der Waals surface area contributed by atoms with Crippen LogP contribution in [-0.2, 0) is 4.79 Å². The monoisotopic (exact) mass is 275 g/mol. The number of rotatable bonds is 5. The highest BCUT2D eigenvalue weighted by molar-refractivity contribution is 5.92. The van der Waals surface area contributed by atoms with E-state index in [1.54, 1.807) is 0 Å². The summed E-state index contributed by atoms with van der Waals surface area (Å²) in [5.41, 5.74) is 5.70. The van der Waals surface area contributed by atoms with Crippen molar-refractivity contribution in [1.82, 2.24) is 20.3 Å². The van der Waals surface area contributed by atoms with E-state index >= 15 is 0 Å². The SMILES string of the molecule is NC(=O)C(O)CNC(=O)c1cn(-c2ccccc2)nn1. The third-order valence-electron chi connectivity index (χ3n) is 2.53. The van der Waals surface area contributed by atoms with Gasteiger partial charge in [0.15, 0.2) is 5.69 Å². The van der Waals surface area contributed by atoms with E-state index in [2.05, 4.69) is 15.6 Å². The van der Waals surface area contributed by atoms with Crippen LogP contribution in [-0.4, -0.2) is 44.6 Å². The number of nitrogens with one attached hydrogen (secondary N) is 1. The highest BCUT2D eigenvalue weighted by Crippen LogP contribution is 2.05. The van der Waals surface area contributed by atoms with Crippen molar-refractivity contribution in [2.24, 2.45) is 5.73 Å². The minimum absolute atomic E-state index is 0.0746. The van der Waals surface area contributed by atoms with Crippen molar-refractivity contribution in [2.45, 2.75) is 6.10 Å². The fourth-order valence-corrected chi connectivity index (χ4v) is 1.46. The molecule has 1 unspecified atom stereocenters. The molecule has 4 N–H and O–H groups in total. The van der Waals surface area contributed by atoms with Crippen LogP contribution in [0.1, 0.15) is 10.5 Å². The molecular formula is C12H13N5O3. The van der Waals surface area contributed by atoms with E-state index in [1.807, 2.05) is 30.3 Å². The van der Waals surface area contributed by atoms with Gasteiger partial charge < -0.3 is 16.2 Å². The molecule has 2 amide bonds. The average Bonchev–Trinajstić information content (AvgIpc) is 2.95. The number of aliphatic hydroxyl groups is 1. The van der Waals surface area contributed by atoms with Crippen molar-refractivity contribution in [3.8, 4) is 5.69 Å². The molecule has 2 rings (SSSR count). The molecule has 0 saturated heterocycles. The molecule has 1 aromatic carbocycles. The maximum atomic E-state index is 11.7. The number of hydrogen-bond donors (Lipinski definition) is 3. The summed E-state index contributed by atoms with van der Waals surface area (Å²) in [5, 5.41) is 19.1. The summed E-state index contributed by atoms with van der Waals surface area (Å²) in [7, 11) is 0. The highest BCUT2D eigenvalue weighted by atomic mass is 16.3. The van der Waals surface area contributed by atoms with Crippen LogP contribution < -0.4 is 11.1 Å². The first-order valence-electron chi connectivity index (χ1n) is 5.81. The Morgan fingerprint density at radius 3 is 2.70 bits per heavy atom. The van der Waals surface area contributed by atoms with E-state index in [0.29, 0.717) is 0 Å². The number of aromatic nitrogens is 3. The summed E-state index contributed by atoms with van der Waals surface area (Å²) in [6.45, 7) is -0.271. The molecule has 8 heteroatoms. The summed E-state index contributed by atoms with van der Waals surface area (Å²) < 4.78 is 1.44. The summed E-state index contributed by atoms with van der Waals surface area (Å²) in [6, 6.07) is 9.15. The quantitative estimate of drug-likeness (QED) is 0.635. The number of hydrogen-bond acceptors (Lipinski definition) is 5. The van der Waals surface area contributed by atoms with Crippen molar-refractivity contribution in [3.63, 3.8) is 0 Å². The van der Waals surface area contributed by atoms with Gasteiger partial charge >= 0.3 is 0 Å². The number of carbonyl (C=O) groups is 2. The lowest BCUT2D eigenvalue weighted by molar-refractivity contribution is -0.125. The normalized spacial score (nSPS) is 11.8. The predicted molar refractivity (Wildman–Crippen MR) is 68.9 cm³/mol. The molecule has 1 atom stereocenters. The van der Waals surface area contributed by atoms with Crippen LogP contribution in [0.3, 0.4) is 0 Å². The van der Waals surface area contributed by atoms with E-state index in [9.17, 15) is 14.7 Å². The Balaban J connectivity index is 2.02. The van der Waals surface area contributed by atoms with E-state index < -0.39 is 17.9 Å². The van der Waals surface area contributed by atoms with Crippen molar-refractivity contribution >= 4 is 11.8 Å². The Bertz CT molecular complexity index is 611. The van der Waals surface area contributed by atoms with Crippen LogP contribution in [0.4, 0.5) is 0 Å². The number of nitrogens with zero attached hydrogens (tertiary/aromatic N) is 3. The summed E-state index contributed by atoms with van der Waals surface area (Å²) in [4.78, 5) is 22.4. The number of aliphatic hydroxyl groups excluding tert-OH is 1. The van der Waals surface area contributed by atoms with Crippen LogP contribution >= 0.6 is 0 Å². The summed E-state index contributed by atoms with van der Waals surface area (Å²) in [5.74, 6) is -1.45. The van der Waals surface area contributed by atoms with E-state index in [4.69, 9.17) is 5.73 Å². The molecule has 0 bridgehead atoms. The van der Waals surface area contributed by atoms with Gasteiger partial charge in [-0.25, -0.2) is 4.68 Å². The molecule has 0 fully saturated rings. The molecule has 0 saturated carbocycles. The number of para-hydroxylation sites is 1. The van der Waals surface area contributed by atoms with Gasteiger partial charge in [-0.2, -0.15) is 0 Å². The fourth-order valence-electron chi connectivity index (χ4n) is 1.46. The second kappa shape index (κ2) is 5.93. The molecular weight excluding hydrogens is 262 g/mol. The molecule has 2 aromatic rings. The van der Waals surface area contributed by atoms with E-state index in [-0.39, 0.29) is 12.2 Å². The molecule has 0 aliphatic carbocycles. The smallest absolute Gasteiger partial charge is 0.273 e. The molecule has 8 nitrogen and oxygen atoms in total. The highest BCUT2D eigenvalue weighted by Gasteiger charge is 2.15. The number of benzene rings is 1. The Kier molecular flexibility index (Phi) is 4.06. The van der Waals surface area contributed by atoms with Crippen molar-refractivity contribution in [1.29, 1.82) is 0 Å². The van der Waals surface area contributed by atoms with Gasteiger partial charge in [0.2, 0.25) is 5.91 Å². The molecule has 0 aliphatic rings. The lowest BCUT2D eigenvalue weighted by atomic mass is 10.3. The first kappa shape index (κ1) is 13.7. The second-order valence-corrected chi connectivity index (χ2v) is 4.01. The van der Waals surface area contributed by atoms with Crippen molar-refractivity contribution < 1.29 is 14.7 Å². The van der Waals surface area contributed by atoms with Gasteiger partial charge in [-0.3, -0.25) is 9.59 Å². The summed E-state index contributed by atoms with van der Waals surface area (Å²) >= 11 is 0. The summed E-state index contributed by atoms with van der Waals surface area (Å²) in [6.07, 6.45) is 0.0181. The zero-order valence-corrected chi connectivity index (χ0v) is 10.4. The number of carbonyl (C=O) groups excluding carboxylic acids is 2. The number of nitrogens with two attached hydrogens (primary N) is 1. The maximum absolute atomic E-state index is 11.7. The molecule has 0 spiro atoms. The average molecular weight is 275 g/mol. The van der Waals surface area contributed by atoms with Crippen LogP contribution in [0.15, 0.2) is 36.5 Å². The molecule has 20 heavy (non-hydrogen) atoms. The minimum Gasteiger partial charge on any atom is -0.381 e. The van der Waals surface area contributed by atoms with E-state index in [1.165, 1.54) is 10.9 Å². The zero-order valence-electron chi connectivity index (χ0n) is 10.4. The Labute approximate surface area is 114 Å². The van der Waals surface area contributed by atoms with Gasteiger partial charge in [-0.1, -0.05) is 23.4 Å². The van der Waals surface area contributed by atoms with Gasteiger partial charge in [-0.05, 0) is 12.1 Å². The van der Waals surface area contributed by atoms with Crippen LogP contribution in [0.5, 0.6) is 0 Å². The maximum Gasteiger partial charge on any atom is 0.273 e. The number of primary amides is 1. The third kappa shape index (κ3) is 3.18. The second-order valence-electron chi connectivity index (χ2n) is 4.01. The zero-order chi connectivity index (χ0) is 14.5. The van der Waals surface area contributed by atoms with Gasteiger partial charge in [0.05, 0.1) is 18.4 Å². The third-order valence-corrected chi connectivity index (χ3v) is 2.53. The first-order chi connectivity index (χ1) is 9.58. The topological polar surface area (TPSA) is 123 Å². The van der Waals surface area contributed by atoms with Crippen LogP contribution in [0, 0.1) is 0 Å². The Hall–Kier alpha value is -2.74. The van der Waals surface area contributed by atoms with Gasteiger partial charge in [0.25, 0.3) is 5.91 Å². The van der Waals surface area contributed by atoms with E-state index in [0.717, 1.165) is 5.69 Å². The largest absolute Gasteiger partial charge is 0.381 e. The number of amides is 2. The van der Waals surface area contributed by atoms with Gasteiger partial charge in [-0.15, -0.1) is 5.10 Å². The lowest BCUT2D eigenvalue weighted by Gasteiger charge is -2.06. The molecule has 1 heterocycles. The lowest BCUT2D eigenvalue weighted by Crippen LogP contribution is -2.40. The molecule has 0 radical (unpaired) electrons. The van der Waals surface area contributed by atoms with Crippen molar-refractivity contribution in [3.05, 3.63) is 42.2 Å². The Morgan fingerprint density at radius 1 is 1.35 bits per heavy atom. The predicted octanol–water partition coefficient (Wildman–Crippen LogP) is -1.16. The van der Waals surface area contributed by atoms with Gasteiger partial charge in [0, 0.05) is 0 Å². The molecule has 104 valence electrons. The minimum atomic E-state index is -1.43. The Morgan fingerprint density at radius 2 is 2.05 bits per heavy atom. The fraction of sp³-hybridized carbons (Fsp3) is 0.167. The van der Waals surface area contributed by atoms with Crippen molar-refractivity contribution in [2.75, 3.05) is 6.54 Å².